The van der Waals surface area contributed by atoms with E-state index < -0.39 is 17.9 Å². The van der Waals surface area contributed by atoms with Crippen molar-refractivity contribution in [2.75, 3.05) is 39.9 Å². The molecule has 9 nitrogen and oxygen atoms in total. The molecule has 2 atom stereocenters. The molecule has 1 heterocycles. The van der Waals surface area contributed by atoms with E-state index >= 15 is 0 Å². The maximum Gasteiger partial charge on any atom is 0.307 e. The zero-order chi connectivity index (χ0) is 24.8. The molecule has 1 N–H and O–H groups in total. The predicted octanol–water partition coefficient (Wildman–Crippen LogP) is 3.14. The van der Waals surface area contributed by atoms with E-state index in [9.17, 15) is 14.4 Å². The maximum atomic E-state index is 13.2. The van der Waals surface area contributed by atoms with E-state index in [4.69, 9.17) is 30.5 Å². The van der Waals surface area contributed by atoms with Crippen LogP contribution in [0.15, 0.2) is 36.4 Å². The van der Waals surface area contributed by atoms with Crippen molar-refractivity contribution in [1.29, 1.82) is 0 Å². The molecule has 2 aromatic rings. The molecule has 10 heteroatoms. The van der Waals surface area contributed by atoms with Crippen LogP contribution in [0.2, 0.25) is 5.02 Å². The molecule has 1 saturated heterocycles. The molecule has 1 aliphatic heterocycles. The largest absolute Gasteiger partial charge is 0.495 e. The van der Waals surface area contributed by atoms with Gasteiger partial charge < -0.3 is 29.2 Å². The lowest BCUT2D eigenvalue weighted by atomic mass is 10.0. The van der Waals surface area contributed by atoms with Gasteiger partial charge in [-0.15, -0.1) is 0 Å². The van der Waals surface area contributed by atoms with E-state index in [1.807, 2.05) is 0 Å². The third-order valence-corrected chi connectivity index (χ3v) is 5.89. The number of methoxy groups -OCH3 is 4. The Morgan fingerprint density at radius 2 is 1.71 bits per heavy atom. The van der Waals surface area contributed by atoms with Crippen molar-refractivity contribution in [3.63, 3.8) is 0 Å². The summed E-state index contributed by atoms with van der Waals surface area (Å²) in [6.07, 6.45) is -0.0808. The minimum atomic E-state index is -0.690. The summed E-state index contributed by atoms with van der Waals surface area (Å²) in [7, 11) is 5.79. The zero-order valence-corrected chi connectivity index (χ0v) is 20.2. The van der Waals surface area contributed by atoms with Crippen LogP contribution in [0.25, 0.3) is 0 Å². The number of nitrogens with zero attached hydrogens (tertiary/aromatic N) is 1. The van der Waals surface area contributed by atoms with E-state index in [1.165, 1.54) is 33.3 Å². The molecule has 0 aliphatic carbocycles. The summed E-state index contributed by atoms with van der Waals surface area (Å²) < 4.78 is 20.8. The van der Waals surface area contributed by atoms with Crippen molar-refractivity contribution in [1.82, 2.24) is 5.32 Å². The molecule has 0 bridgehead atoms. The number of carbonyl (C=O) groups is 3. The number of rotatable bonds is 9. The molecule has 182 valence electrons. The number of anilines is 1. The number of carbonyl (C=O) groups excluding carboxylic acids is 3. The van der Waals surface area contributed by atoms with Crippen LogP contribution in [-0.2, 0) is 19.1 Å². The molecule has 0 aromatic heterocycles. The van der Waals surface area contributed by atoms with Gasteiger partial charge in [0.05, 0.1) is 52.5 Å². The number of nitrogens with one attached hydrogen (secondary N) is 1. The van der Waals surface area contributed by atoms with Gasteiger partial charge in [0.2, 0.25) is 11.8 Å². The lowest BCUT2D eigenvalue weighted by Gasteiger charge is -2.22. The number of esters is 1. The van der Waals surface area contributed by atoms with E-state index in [-0.39, 0.29) is 31.2 Å². The third kappa shape index (κ3) is 5.53. The average Bonchev–Trinajstić information content (AvgIpc) is 3.24. The Labute approximate surface area is 202 Å². The van der Waals surface area contributed by atoms with Crippen LogP contribution in [-0.4, -0.2) is 52.8 Å². The molecule has 0 radical (unpaired) electrons. The van der Waals surface area contributed by atoms with Crippen molar-refractivity contribution in [3.8, 4) is 17.2 Å². The second-order valence-corrected chi connectivity index (χ2v) is 8.11. The summed E-state index contributed by atoms with van der Waals surface area (Å²) in [5.74, 6) is -0.254. The summed E-state index contributed by atoms with van der Waals surface area (Å²) in [5, 5.41) is 3.34. The topological polar surface area (TPSA) is 103 Å². The quantitative estimate of drug-likeness (QED) is 0.538. The first-order chi connectivity index (χ1) is 16.3. The molecule has 1 aliphatic rings. The average molecular weight is 491 g/mol. The second kappa shape index (κ2) is 11.1. The molecule has 0 saturated carbocycles. The SMILES string of the molecule is COC(=O)CC(NC(=O)C1CC(=O)N(c2cc(Cl)ccc2OC)C1)c1ccc(OC)c(OC)c1. The van der Waals surface area contributed by atoms with Crippen LogP contribution in [0.5, 0.6) is 17.2 Å². The summed E-state index contributed by atoms with van der Waals surface area (Å²) in [4.78, 5) is 39.4. The summed E-state index contributed by atoms with van der Waals surface area (Å²) in [5.41, 5.74) is 1.13. The van der Waals surface area contributed by atoms with Gasteiger partial charge in [-0.2, -0.15) is 0 Å². The first-order valence-corrected chi connectivity index (χ1v) is 10.9. The Bertz CT molecular complexity index is 1080. The molecular weight excluding hydrogens is 464 g/mol. The van der Waals surface area contributed by atoms with Crippen LogP contribution < -0.4 is 24.4 Å². The van der Waals surface area contributed by atoms with Crippen molar-refractivity contribution in [2.45, 2.75) is 18.9 Å². The number of amides is 2. The Morgan fingerprint density at radius 1 is 1.03 bits per heavy atom. The minimum absolute atomic E-state index is 0.0123. The van der Waals surface area contributed by atoms with Crippen molar-refractivity contribution in [2.24, 2.45) is 5.92 Å². The van der Waals surface area contributed by atoms with Gasteiger partial charge in [0.1, 0.15) is 5.75 Å². The number of halogens is 1. The van der Waals surface area contributed by atoms with Crippen molar-refractivity contribution in [3.05, 3.63) is 47.0 Å². The van der Waals surface area contributed by atoms with Gasteiger partial charge in [-0.3, -0.25) is 14.4 Å². The molecule has 2 aromatic carbocycles. The van der Waals surface area contributed by atoms with Crippen LogP contribution in [0.1, 0.15) is 24.4 Å². The highest BCUT2D eigenvalue weighted by molar-refractivity contribution is 6.31. The van der Waals surface area contributed by atoms with Gasteiger partial charge in [0, 0.05) is 18.0 Å². The number of benzene rings is 2. The highest BCUT2D eigenvalue weighted by atomic mass is 35.5. The first kappa shape index (κ1) is 25.2. The summed E-state index contributed by atoms with van der Waals surface area (Å²) in [6, 6.07) is 9.38. The van der Waals surface area contributed by atoms with E-state index in [0.717, 1.165) is 0 Å². The Kier molecular flexibility index (Phi) is 8.22. The fraction of sp³-hybridized carbons (Fsp3) is 0.375. The van der Waals surface area contributed by atoms with Gasteiger partial charge in [0.15, 0.2) is 11.5 Å². The fourth-order valence-electron chi connectivity index (χ4n) is 3.85. The first-order valence-electron chi connectivity index (χ1n) is 10.5. The Morgan fingerprint density at radius 3 is 2.35 bits per heavy atom. The highest BCUT2D eigenvalue weighted by Gasteiger charge is 2.37. The fourth-order valence-corrected chi connectivity index (χ4v) is 4.02. The highest BCUT2D eigenvalue weighted by Crippen LogP contribution is 2.36. The van der Waals surface area contributed by atoms with Crippen LogP contribution in [0.3, 0.4) is 0 Å². The lowest BCUT2D eigenvalue weighted by molar-refractivity contribution is -0.141. The molecule has 2 amide bonds. The molecule has 2 unspecified atom stereocenters. The Balaban J connectivity index is 1.81. The van der Waals surface area contributed by atoms with Gasteiger partial charge in [0.25, 0.3) is 0 Å². The smallest absolute Gasteiger partial charge is 0.307 e. The number of hydrogen-bond acceptors (Lipinski definition) is 7. The van der Waals surface area contributed by atoms with Gasteiger partial charge >= 0.3 is 5.97 Å². The van der Waals surface area contributed by atoms with E-state index in [2.05, 4.69) is 5.32 Å². The molecule has 3 rings (SSSR count). The molecular formula is C24H27ClN2O7. The van der Waals surface area contributed by atoms with Crippen molar-refractivity contribution < 1.29 is 33.3 Å². The maximum absolute atomic E-state index is 13.2. The number of ether oxygens (including phenoxy) is 4. The summed E-state index contributed by atoms with van der Waals surface area (Å²) in [6.45, 7) is 0.151. The monoisotopic (exact) mass is 490 g/mol. The predicted molar refractivity (Wildman–Crippen MR) is 126 cm³/mol. The van der Waals surface area contributed by atoms with Crippen molar-refractivity contribution >= 4 is 35.1 Å². The van der Waals surface area contributed by atoms with E-state index in [0.29, 0.717) is 33.5 Å². The van der Waals surface area contributed by atoms with Gasteiger partial charge in [-0.25, -0.2) is 0 Å². The zero-order valence-electron chi connectivity index (χ0n) is 19.4. The van der Waals surface area contributed by atoms with Crippen LogP contribution in [0.4, 0.5) is 5.69 Å². The summed E-state index contributed by atoms with van der Waals surface area (Å²) >= 11 is 6.11. The standard InChI is InChI=1S/C24H27ClN2O7/c1-31-19-8-6-16(25)11-18(19)27-13-15(10-22(27)28)24(30)26-17(12-23(29)34-4)14-5-7-20(32-2)21(9-14)33-3/h5-9,11,15,17H,10,12-13H2,1-4H3,(H,26,30). The van der Waals surface area contributed by atoms with Crippen LogP contribution in [0, 0.1) is 5.92 Å². The second-order valence-electron chi connectivity index (χ2n) is 7.68. The Hall–Kier alpha value is -3.46. The van der Waals surface area contributed by atoms with Gasteiger partial charge in [-0.1, -0.05) is 17.7 Å². The molecule has 0 spiro atoms. The lowest BCUT2D eigenvalue weighted by Crippen LogP contribution is -2.36. The van der Waals surface area contributed by atoms with Crippen LogP contribution >= 0.6 is 11.6 Å². The minimum Gasteiger partial charge on any atom is -0.495 e. The van der Waals surface area contributed by atoms with Gasteiger partial charge in [-0.05, 0) is 35.9 Å². The normalized spacial score (nSPS) is 16.1. The third-order valence-electron chi connectivity index (χ3n) is 5.65. The number of hydrogen-bond donors (Lipinski definition) is 1. The molecule has 1 fully saturated rings. The van der Waals surface area contributed by atoms with E-state index in [1.54, 1.807) is 36.4 Å². The molecule has 34 heavy (non-hydrogen) atoms.